The Morgan fingerprint density at radius 1 is 1.22 bits per heavy atom. The largest absolute Gasteiger partial charge is 0.507 e. The molecular formula is C15H14N2O5S. The molecule has 2 rings (SSSR count). The van der Waals surface area contributed by atoms with Gasteiger partial charge in [0.25, 0.3) is 11.8 Å². The number of nitrogens with one attached hydrogen (secondary N) is 2. The first-order valence-electron chi connectivity index (χ1n) is 6.57. The van der Waals surface area contributed by atoms with E-state index < -0.39 is 24.4 Å². The lowest BCUT2D eigenvalue weighted by Crippen LogP contribution is -2.43. The normalized spacial score (nSPS) is 9.96. The second kappa shape index (κ2) is 7.41. The molecule has 0 fully saturated rings. The number of aryl methyl sites for hydroxylation is 1. The highest BCUT2D eigenvalue weighted by molar-refractivity contribution is 7.12. The van der Waals surface area contributed by atoms with E-state index in [-0.39, 0.29) is 11.3 Å². The molecule has 0 spiro atoms. The molecule has 3 N–H and O–H groups in total. The van der Waals surface area contributed by atoms with Crippen LogP contribution in [-0.4, -0.2) is 29.5 Å². The van der Waals surface area contributed by atoms with Gasteiger partial charge in [0.1, 0.15) is 11.3 Å². The summed E-state index contributed by atoms with van der Waals surface area (Å²) >= 11 is 1.22. The predicted octanol–water partition coefficient (Wildman–Crippen LogP) is 1.38. The van der Waals surface area contributed by atoms with Crippen LogP contribution in [0.25, 0.3) is 0 Å². The number of phenols is 1. The number of rotatable bonds is 4. The number of carbonyl (C=O) groups is 3. The third-order valence-electron chi connectivity index (χ3n) is 2.77. The zero-order chi connectivity index (χ0) is 16.8. The number of thiophene rings is 1. The van der Waals surface area contributed by atoms with Crippen molar-refractivity contribution in [2.24, 2.45) is 0 Å². The van der Waals surface area contributed by atoms with E-state index in [1.807, 2.05) is 0 Å². The van der Waals surface area contributed by atoms with Gasteiger partial charge in [-0.1, -0.05) is 17.7 Å². The molecule has 120 valence electrons. The minimum atomic E-state index is -0.828. The van der Waals surface area contributed by atoms with E-state index in [0.717, 1.165) is 5.56 Å². The minimum absolute atomic E-state index is 0.0274. The highest BCUT2D eigenvalue weighted by atomic mass is 32.1. The first-order valence-corrected chi connectivity index (χ1v) is 7.45. The van der Waals surface area contributed by atoms with Crippen molar-refractivity contribution in [3.8, 4) is 5.75 Å². The van der Waals surface area contributed by atoms with Gasteiger partial charge in [0.2, 0.25) is 0 Å². The van der Waals surface area contributed by atoms with E-state index in [9.17, 15) is 19.5 Å². The van der Waals surface area contributed by atoms with Crippen LogP contribution in [-0.2, 0) is 9.53 Å². The number of phenolic OH excluding ortho intramolecular Hbond substituents is 1. The molecule has 0 atom stereocenters. The molecule has 8 heteroatoms. The fraction of sp³-hybridized carbons (Fsp3) is 0.133. The number of hydrazine groups is 1. The Bertz CT molecular complexity index is 727. The fourth-order valence-electron chi connectivity index (χ4n) is 1.65. The number of amides is 2. The summed E-state index contributed by atoms with van der Waals surface area (Å²) in [7, 11) is 0. The zero-order valence-corrected chi connectivity index (χ0v) is 13.0. The van der Waals surface area contributed by atoms with Crippen LogP contribution in [0.4, 0.5) is 0 Å². The summed E-state index contributed by atoms with van der Waals surface area (Å²) in [6, 6.07) is 7.77. The highest BCUT2D eigenvalue weighted by Crippen LogP contribution is 2.18. The standard InChI is InChI=1S/C15H14N2O5S/c1-9-4-5-11(18)10(7-9)15(21)22-8-13(19)16-17-14(20)12-3-2-6-23-12/h2-7,18H,8H2,1H3,(H,16,19)(H,17,20). The monoisotopic (exact) mass is 334 g/mol. The van der Waals surface area contributed by atoms with E-state index >= 15 is 0 Å². The Kier molecular flexibility index (Phi) is 5.32. The van der Waals surface area contributed by atoms with E-state index in [0.29, 0.717) is 4.88 Å². The quantitative estimate of drug-likeness (QED) is 0.579. The van der Waals surface area contributed by atoms with Crippen molar-refractivity contribution >= 4 is 29.1 Å². The molecule has 1 heterocycles. The Morgan fingerprint density at radius 2 is 2.00 bits per heavy atom. The maximum absolute atomic E-state index is 11.8. The first kappa shape index (κ1) is 16.5. The van der Waals surface area contributed by atoms with Gasteiger partial charge in [0, 0.05) is 0 Å². The molecule has 0 bridgehead atoms. The molecule has 0 aliphatic carbocycles. The summed E-state index contributed by atoms with van der Waals surface area (Å²) in [5.74, 6) is -2.22. The van der Waals surface area contributed by atoms with Gasteiger partial charge in [-0.2, -0.15) is 0 Å². The van der Waals surface area contributed by atoms with Gasteiger partial charge in [-0.25, -0.2) is 4.79 Å². The molecule has 23 heavy (non-hydrogen) atoms. The molecule has 0 saturated carbocycles. The maximum atomic E-state index is 11.8. The van der Waals surface area contributed by atoms with Crippen LogP contribution in [0, 0.1) is 6.92 Å². The average molecular weight is 334 g/mol. The molecule has 2 amide bonds. The average Bonchev–Trinajstić information content (AvgIpc) is 3.07. The van der Waals surface area contributed by atoms with Crippen molar-refractivity contribution in [2.75, 3.05) is 6.61 Å². The summed E-state index contributed by atoms with van der Waals surface area (Å²) in [5, 5.41) is 11.3. The van der Waals surface area contributed by atoms with E-state index in [4.69, 9.17) is 4.74 Å². The van der Waals surface area contributed by atoms with Crippen LogP contribution in [0.1, 0.15) is 25.6 Å². The number of aromatic hydroxyl groups is 1. The number of benzene rings is 1. The molecule has 1 aromatic carbocycles. The second-order valence-electron chi connectivity index (χ2n) is 4.58. The minimum Gasteiger partial charge on any atom is -0.507 e. The van der Waals surface area contributed by atoms with Crippen molar-refractivity contribution in [1.29, 1.82) is 0 Å². The summed E-state index contributed by atoms with van der Waals surface area (Å²) in [6.45, 7) is 1.17. The summed E-state index contributed by atoms with van der Waals surface area (Å²) in [6.07, 6.45) is 0. The Hall–Kier alpha value is -2.87. The van der Waals surface area contributed by atoms with Crippen LogP contribution >= 0.6 is 11.3 Å². The Balaban J connectivity index is 1.81. The Morgan fingerprint density at radius 3 is 2.70 bits per heavy atom. The molecule has 1 aromatic heterocycles. The highest BCUT2D eigenvalue weighted by Gasteiger charge is 2.15. The molecule has 0 radical (unpaired) electrons. The summed E-state index contributed by atoms with van der Waals surface area (Å²) in [4.78, 5) is 35.4. The van der Waals surface area contributed by atoms with Crippen molar-refractivity contribution in [1.82, 2.24) is 10.9 Å². The van der Waals surface area contributed by atoms with Gasteiger partial charge in [0.15, 0.2) is 6.61 Å². The topological polar surface area (TPSA) is 105 Å². The van der Waals surface area contributed by atoms with E-state index in [1.165, 1.54) is 23.5 Å². The number of hydrogen-bond acceptors (Lipinski definition) is 6. The van der Waals surface area contributed by atoms with Crippen molar-refractivity contribution in [2.45, 2.75) is 6.92 Å². The van der Waals surface area contributed by atoms with Gasteiger partial charge in [-0.3, -0.25) is 20.4 Å². The van der Waals surface area contributed by atoms with Crippen molar-refractivity contribution < 1.29 is 24.2 Å². The third kappa shape index (κ3) is 4.55. The number of ether oxygens (including phenoxy) is 1. The predicted molar refractivity (Wildman–Crippen MR) is 83.1 cm³/mol. The van der Waals surface area contributed by atoms with Gasteiger partial charge < -0.3 is 9.84 Å². The SMILES string of the molecule is Cc1ccc(O)c(C(=O)OCC(=O)NNC(=O)c2cccs2)c1. The molecule has 0 aliphatic rings. The molecule has 0 aliphatic heterocycles. The van der Waals surface area contributed by atoms with Gasteiger partial charge in [0.05, 0.1) is 4.88 Å². The van der Waals surface area contributed by atoms with Crippen LogP contribution < -0.4 is 10.9 Å². The maximum Gasteiger partial charge on any atom is 0.342 e. The zero-order valence-electron chi connectivity index (χ0n) is 12.2. The molecular weight excluding hydrogens is 320 g/mol. The van der Waals surface area contributed by atoms with Crippen molar-refractivity contribution in [3.63, 3.8) is 0 Å². The molecule has 7 nitrogen and oxygen atoms in total. The van der Waals surface area contributed by atoms with Crippen LogP contribution in [0.3, 0.4) is 0 Å². The molecule has 2 aromatic rings. The Labute approximate surface area is 135 Å². The van der Waals surface area contributed by atoms with Gasteiger partial charge in [-0.15, -0.1) is 11.3 Å². The van der Waals surface area contributed by atoms with Crippen LogP contribution in [0.5, 0.6) is 5.75 Å². The number of carbonyl (C=O) groups excluding carboxylic acids is 3. The lowest BCUT2D eigenvalue weighted by atomic mass is 10.1. The lowest BCUT2D eigenvalue weighted by molar-refractivity contribution is -0.125. The van der Waals surface area contributed by atoms with Crippen molar-refractivity contribution in [3.05, 3.63) is 51.7 Å². The van der Waals surface area contributed by atoms with Crippen LogP contribution in [0.2, 0.25) is 0 Å². The summed E-state index contributed by atoms with van der Waals surface area (Å²) in [5.41, 5.74) is 5.07. The first-order chi connectivity index (χ1) is 11.0. The lowest BCUT2D eigenvalue weighted by Gasteiger charge is -2.08. The fourth-order valence-corrected chi connectivity index (χ4v) is 2.27. The smallest absolute Gasteiger partial charge is 0.342 e. The van der Waals surface area contributed by atoms with E-state index in [1.54, 1.807) is 30.5 Å². The van der Waals surface area contributed by atoms with E-state index in [2.05, 4.69) is 10.9 Å². The van der Waals surface area contributed by atoms with Gasteiger partial charge in [-0.05, 0) is 30.5 Å². The molecule has 0 unspecified atom stereocenters. The molecule has 0 saturated heterocycles. The number of hydrogen-bond donors (Lipinski definition) is 3. The third-order valence-corrected chi connectivity index (χ3v) is 3.64. The second-order valence-corrected chi connectivity index (χ2v) is 5.52. The van der Waals surface area contributed by atoms with Gasteiger partial charge >= 0.3 is 5.97 Å². The summed E-state index contributed by atoms with van der Waals surface area (Å²) < 4.78 is 4.79. The number of esters is 1. The van der Waals surface area contributed by atoms with Crippen LogP contribution in [0.15, 0.2) is 35.7 Å².